The molecule has 2 N–H and O–H groups in total. The van der Waals surface area contributed by atoms with Crippen molar-refractivity contribution in [3.8, 4) is 5.75 Å². The summed E-state index contributed by atoms with van der Waals surface area (Å²) in [4.78, 5) is 12.1. The van der Waals surface area contributed by atoms with Gasteiger partial charge in [0.1, 0.15) is 11.8 Å². The summed E-state index contributed by atoms with van der Waals surface area (Å²) >= 11 is 0. The zero-order valence-electron chi connectivity index (χ0n) is 11.2. The van der Waals surface area contributed by atoms with Crippen LogP contribution in [-0.2, 0) is 11.2 Å². The predicted octanol–water partition coefficient (Wildman–Crippen LogP) is 2.67. The van der Waals surface area contributed by atoms with Crippen LogP contribution in [0, 0.1) is 0 Å². The van der Waals surface area contributed by atoms with E-state index in [1.54, 1.807) is 7.11 Å². The average Bonchev–Trinajstić information content (AvgIpc) is 2.48. The third-order valence-electron chi connectivity index (χ3n) is 3.41. The Morgan fingerprint density at radius 2 is 1.90 bits per heavy atom. The lowest BCUT2D eigenvalue weighted by molar-refractivity contribution is -0.117. The number of ether oxygens (including phenoxy) is 1. The van der Waals surface area contributed by atoms with Gasteiger partial charge in [0.25, 0.3) is 0 Å². The third-order valence-corrected chi connectivity index (χ3v) is 3.41. The molecule has 0 aromatic heterocycles. The molecule has 20 heavy (non-hydrogen) atoms. The van der Waals surface area contributed by atoms with E-state index in [1.165, 1.54) is 0 Å². The molecule has 0 spiro atoms. The maximum atomic E-state index is 12.1. The van der Waals surface area contributed by atoms with Crippen LogP contribution in [0.2, 0.25) is 0 Å². The molecule has 1 aliphatic rings. The van der Waals surface area contributed by atoms with Gasteiger partial charge in [0, 0.05) is 12.5 Å². The van der Waals surface area contributed by atoms with E-state index in [-0.39, 0.29) is 11.9 Å². The average molecular weight is 268 g/mol. The summed E-state index contributed by atoms with van der Waals surface area (Å²) < 4.78 is 5.21. The minimum absolute atomic E-state index is 0.00785. The molecule has 0 unspecified atom stereocenters. The molecule has 4 nitrogen and oxygen atoms in total. The fourth-order valence-corrected chi connectivity index (χ4v) is 2.35. The van der Waals surface area contributed by atoms with Crippen molar-refractivity contribution < 1.29 is 9.53 Å². The standard InChI is InChI=1S/C16H16N2O2/c1-20-12-7-8-13-14(10-12)17-15(16(19)18-13)9-11-5-3-2-4-6-11/h2-8,10,15,17H,9H2,1H3,(H,18,19)/t15-/m0/s1. The van der Waals surface area contributed by atoms with Crippen LogP contribution < -0.4 is 15.4 Å². The van der Waals surface area contributed by atoms with Gasteiger partial charge in [0.05, 0.1) is 18.5 Å². The lowest BCUT2D eigenvalue weighted by Gasteiger charge is -2.27. The largest absolute Gasteiger partial charge is 0.497 e. The van der Waals surface area contributed by atoms with Crippen molar-refractivity contribution in [3.05, 3.63) is 54.1 Å². The Hall–Kier alpha value is -2.49. The van der Waals surface area contributed by atoms with Gasteiger partial charge in [0.2, 0.25) is 5.91 Å². The fraction of sp³-hybridized carbons (Fsp3) is 0.188. The molecule has 102 valence electrons. The summed E-state index contributed by atoms with van der Waals surface area (Å²) in [6.07, 6.45) is 0.656. The van der Waals surface area contributed by atoms with Crippen molar-refractivity contribution in [2.75, 3.05) is 17.7 Å². The third kappa shape index (κ3) is 2.45. The molecule has 1 amide bonds. The number of hydrogen-bond donors (Lipinski definition) is 2. The second kappa shape index (κ2) is 5.25. The molecule has 1 atom stereocenters. The van der Waals surface area contributed by atoms with Crippen LogP contribution in [0.15, 0.2) is 48.5 Å². The molecule has 2 aromatic rings. The fourth-order valence-electron chi connectivity index (χ4n) is 2.35. The summed E-state index contributed by atoms with van der Waals surface area (Å²) in [5.41, 5.74) is 2.82. The van der Waals surface area contributed by atoms with Crippen molar-refractivity contribution in [2.24, 2.45) is 0 Å². The number of amides is 1. The molecule has 0 aliphatic carbocycles. The van der Waals surface area contributed by atoms with E-state index in [0.717, 1.165) is 22.7 Å². The highest BCUT2D eigenvalue weighted by Crippen LogP contribution is 2.31. The van der Waals surface area contributed by atoms with Gasteiger partial charge in [-0.05, 0) is 17.7 Å². The van der Waals surface area contributed by atoms with Crippen LogP contribution in [0.4, 0.5) is 11.4 Å². The van der Waals surface area contributed by atoms with Gasteiger partial charge in [-0.2, -0.15) is 0 Å². The monoisotopic (exact) mass is 268 g/mol. The first-order valence-electron chi connectivity index (χ1n) is 6.55. The highest BCUT2D eigenvalue weighted by atomic mass is 16.5. The lowest BCUT2D eigenvalue weighted by Crippen LogP contribution is -2.40. The summed E-state index contributed by atoms with van der Waals surface area (Å²) in [6.45, 7) is 0. The minimum atomic E-state index is -0.267. The Bertz CT molecular complexity index is 626. The van der Waals surface area contributed by atoms with Gasteiger partial charge in [-0.15, -0.1) is 0 Å². The summed E-state index contributed by atoms with van der Waals surface area (Å²) in [7, 11) is 1.63. The molecule has 0 fully saturated rings. The molecule has 0 radical (unpaired) electrons. The van der Waals surface area contributed by atoms with E-state index in [2.05, 4.69) is 10.6 Å². The Labute approximate surface area is 117 Å². The quantitative estimate of drug-likeness (QED) is 0.899. The molecule has 4 heteroatoms. The number of carbonyl (C=O) groups excluding carboxylic acids is 1. The molecule has 3 rings (SSSR count). The highest BCUT2D eigenvalue weighted by molar-refractivity contribution is 6.03. The normalized spacial score (nSPS) is 16.9. The van der Waals surface area contributed by atoms with Crippen LogP contribution in [0.3, 0.4) is 0 Å². The van der Waals surface area contributed by atoms with Gasteiger partial charge in [-0.25, -0.2) is 0 Å². The molecule has 0 saturated heterocycles. The lowest BCUT2D eigenvalue weighted by atomic mass is 10.0. The van der Waals surface area contributed by atoms with Crippen molar-refractivity contribution in [1.82, 2.24) is 0 Å². The van der Waals surface area contributed by atoms with Crippen molar-refractivity contribution >= 4 is 17.3 Å². The van der Waals surface area contributed by atoms with Crippen LogP contribution in [0.1, 0.15) is 5.56 Å². The van der Waals surface area contributed by atoms with Crippen LogP contribution in [0.25, 0.3) is 0 Å². The minimum Gasteiger partial charge on any atom is -0.497 e. The van der Waals surface area contributed by atoms with E-state index >= 15 is 0 Å². The van der Waals surface area contributed by atoms with Crippen molar-refractivity contribution in [1.29, 1.82) is 0 Å². The van der Waals surface area contributed by atoms with Crippen LogP contribution >= 0.6 is 0 Å². The Kier molecular flexibility index (Phi) is 3.29. The van der Waals surface area contributed by atoms with Crippen molar-refractivity contribution in [2.45, 2.75) is 12.5 Å². The van der Waals surface area contributed by atoms with Crippen molar-refractivity contribution in [3.63, 3.8) is 0 Å². The first-order valence-corrected chi connectivity index (χ1v) is 6.55. The van der Waals surface area contributed by atoms with E-state index < -0.39 is 0 Å². The second-order valence-electron chi connectivity index (χ2n) is 4.79. The Morgan fingerprint density at radius 3 is 2.65 bits per heavy atom. The van der Waals surface area contributed by atoms with Gasteiger partial charge in [0.15, 0.2) is 0 Å². The first-order chi connectivity index (χ1) is 9.76. The molecule has 1 heterocycles. The topological polar surface area (TPSA) is 50.4 Å². The highest BCUT2D eigenvalue weighted by Gasteiger charge is 2.25. The van der Waals surface area contributed by atoms with Gasteiger partial charge in [-0.3, -0.25) is 4.79 Å². The summed E-state index contributed by atoms with van der Waals surface area (Å²) in [5, 5.41) is 6.20. The van der Waals surface area contributed by atoms with Gasteiger partial charge < -0.3 is 15.4 Å². The van der Waals surface area contributed by atoms with E-state index in [9.17, 15) is 4.79 Å². The number of benzene rings is 2. The van der Waals surface area contributed by atoms with E-state index in [0.29, 0.717) is 6.42 Å². The molecule has 0 bridgehead atoms. The predicted molar refractivity (Wildman–Crippen MR) is 79.2 cm³/mol. The Morgan fingerprint density at radius 1 is 1.10 bits per heavy atom. The summed E-state index contributed by atoms with van der Waals surface area (Å²) in [6, 6.07) is 15.3. The zero-order valence-corrected chi connectivity index (χ0v) is 11.2. The number of carbonyl (C=O) groups is 1. The SMILES string of the molecule is COc1ccc2c(c1)N[C@@H](Cc1ccccc1)C(=O)N2. The smallest absolute Gasteiger partial charge is 0.247 e. The van der Waals surface area contributed by atoms with Gasteiger partial charge >= 0.3 is 0 Å². The number of methoxy groups -OCH3 is 1. The maximum absolute atomic E-state index is 12.1. The summed E-state index contributed by atoms with van der Waals surface area (Å²) in [5.74, 6) is 0.761. The zero-order chi connectivity index (χ0) is 13.9. The molecular formula is C16H16N2O2. The Balaban J connectivity index is 1.82. The molecular weight excluding hydrogens is 252 g/mol. The van der Waals surface area contributed by atoms with E-state index in [1.807, 2.05) is 48.5 Å². The number of anilines is 2. The van der Waals surface area contributed by atoms with Crippen LogP contribution in [-0.4, -0.2) is 19.1 Å². The molecule has 2 aromatic carbocycles. The first kappa shape index (κ1) is 12.5. The number of nitrogens with one attached hydrogen (secondary N) is 2. The molecule has 1 aliphatic heterocycles. The molecule has 0 saturated carbocycles. The second-order valence-corrected chi connectivity index (χ2v) is 4.79. The van der Waals surface area contributed by atoms with Gasteiger partial charge in [-0.1, -0.05) is 30.3 Å². The number of fused-ring (bicyclic) bond motifs is 1. The maximum Gasteiger partial charge on any atom is 0.247 e. The van der Waals surface area contributed by atoms with Crippen LogP contribution in [0.5, 0.6) is 5.75 Å². The number of rotatable bonds is 3. The number of hydrogen-bond acceptors (Lipinski definition) is 3. The van der Waals surface area contributed by atoms with E-state index in [4.69, 9.17) is 4.74 Å².